The molecule has 0 atom stereocenters. The molecule has 0 spiro atoms. The number of benzene rings is 3. The zero-order valence-electron chi connectivity index (χ0n) is 14.1. The molecule has 0 aliphatic rings. The number of hydrogen-bond donors (Lipinski definition) is 3. The van der Waals surface area contributed by atoms with Gasteiger partial charge in [-0.15, -0.1) is 12.4 Å². The summed E-state index contributed by atoms with van der Waals surface area (Å²) >= 11 is 0. The highest BCUT2D eigenvalue weighted by Gasteiger charge is 2.10. The lowest BCUT2D eigenvalue weighted by atomic mass is 10.0. The second-order valence-corrected chi connectivity index (χ2v) is 5.91. The summed E-state index contributed by atoms with van der Waals surface area (Å²) in [4.78, 5) is 12.3. The van der Waals surface area contributed by atoms with Crippen LogP contribution in [0.25, 0.3) is 21.5 Å². The number of carbonyl (C=O) groups is 1. The summed E-state index contributed by atoms with van der Waals surface area (Å²) < 4.78 is 0. The Kier molecular flexibility index (Phi) is 7.19. The third-order valence-electron chi connectivity index (χ3n) is 4.13. The summed E-state index contributed by atoms with van der Waals surface area (Å²) in [6, 6.07) is 18.4. The number of carbonyl (C=O) groups excluding carboxylic acids is 1. The van der Waals surface area contributed by atoms with Crippen molar-refractivity contribution >= 4 is 45.5 Å². The van der Waals surface area contributed by atoms with Crippen molar-refractivity contribution in [3.8, 4) is 0 Å². The van der Waals surface area contributed by atoms with Crippen molar-refractivity contribution in [1.82, 2.24) is 5.32 Å². The van der Waals surface area contributed by atoms with Gasteiger partial charge in [0.05, 0.1) is 12.2 Å². The number of halogens is 1. The van der Waals surface area contributed by atoms with Gasteiger partial charge in [-0.25, -0.2) is 0 Å². The number of anilines is 1. The molecule has 4 nitrogen and oxygen atoms in total. The van der Waals surface area contributed by atoms with Gasteiger partial charge >= 0.3 is 0 Å². The number of nitrogens with one attached hydrogen (secondary N) is 2. The van der Waals surface area contributed by atoms with E-state index in [2.05, 4.69) is 28.8 Å². The van der Waals surface area contributed by atoms with E-state index in [1.54, 1.807) is 0 Å². The molecule has 0 aliphatic heterocycles. The number of hydrogen-bond acceptors (Lipinski definition) is 3. The normalized spacial score (nSPS) is 10.6. The molecule has 0 aromatic heterocycles. The number of amides is 1. The molecule has 4 N–H and O–H groups in total. The molecule has 3 rings (SSSR count). The number of fused-ring (bicyclic) bond motifs is 2. The molecule has 3 aromatic carbocycles. The minimum atomic E-state index is -0.0238. The van der Waals surface area contributed by atoms with Crippen LogP contribution in [0.2, 0.25) is 0 Å². The van der Waals surface area contributed by atoms with Crippen LogP contribution in [-0.2, 0) is 4.79 Å². The fraction of sp³-hybridized carbons (Fsp3) is 0.250. The molecule has 0 radical (unpaired) electrons. The topological polar surface area (TPSA) is 67.1 Å². The van der Waals surface area contributed by atoms with Gasteiger partial charge in [0.15, 0.2) is 0 Å². The predicted octanol–water partition coefficient (Wildman–Crippen LogP) is 3.68. The van der Waals surface area contributed by atoms with Crippen LogP contribution in [0.15, 0.2) is 54.6 Å². The summed E-state index contributed by atoms with van der Waals surface area (Å²) in [7, 11) is 0. The Morgan fingerprint density at radius 3 is 2.12 bits per heavy atom. The first-order chi connectivity index (χ1) is 11.8. The summed E-state index contributed by atoms with van der Waals surface area (Å²) in [6.45, 7) is 1.80. The van der Waals surface area contributed by atoms with Crippen LogP contribution >= 0.6 is 12.4 Å². The summed E-state index contributed by atoms with van der Waals surface area (Å²) in [5, 5.41) is 10.6. The molecule has 1 amide bonds. The maximum Gasteiger partial charge on any atom is 0.238 e. The zero-order valence-corrected chi connectivity index (χ0v) is 14.9. The maximum absolute atomic E-state index is 12.3. The molecule has 3 aromatic rings. The van der Waals surface area contributed by atoms with Gasteiger partial charge in [0.1, 0.15) is 0 Å². The summed E-state index contributed by atoms with van der Waals surface area (Å²) in [5.74, 6) is -0.0238. The first kappa shape index (κ1) is 19.2. The molecular weight excluding hydrogens is 334 g/mol. The summed E-state index contributed by atoms with van der Waals surface area (Å²) in [6.07, 6.45) is 1.96. The van der Waals surface area contributed by atoms with Gasteiger partial charge in [0.2, 0.25) is 5.91 Å². The van der Waals surface area contributed by atoms with Crippen LogP contribution in [-0.4, -0.2) is 25.5 Å². The van der Waals surface area contributed by atoms with Crippen LogP contribution in [0.1, 0.15) is 12.8 Å². The van der Waals surface area contributed by atoms with Crippen molar-refractivity contribution in [3.05, 3.63) is 54.6 Å². The van der Waals surface area contributed by atoms with E-state index < -0.39 is 0 Å². The van der Waals surface area contributed by atoms with Crippen molar-refractivity contribution in [3.63, 3.8) is 0 Å². The highest BCUT2D eigenvalue weighted by molar-refractivity contribution is 6.15. The van der Waals surface area contributed by atoms with E-state index in [1.807, 2.05) is 36.4 Å². The second kappa shape index (κ2) is 9.37. The smallest absolute Gasteiger partial charge is 0.238 e. The average Bonchev–Trinajstić information content (AvgIpc) is 2.61. The Bertz CT molecular complexity index is 797. The molecule has 132 valence electrons. The molecule has 0 heterocycles. The van der Waals surface area contributed by atoms with Crippen molar-refractivity contribution in [2.24, 2.45) is 5.73 Å². The van der Waals surface area contributed by atoms with Crippen molar-refractivity contribution in [2.75, 3.05) is 25.0 Å². The second-order valence-electron chi connectivity index (χ2n) is 5.91. The molecule has 25 heavy (non-hydrogen) atoms. The molecule has 5 heteroatoms. The third-order valence-corrected chi connectivity index (χ3v) is 4.13. The largest absolute Gasteiger partial charge is 0.330 e. The van der Waals surface area contributed by atoms with E-state index >= 15 is 0 Å². The minimum absolute atomic E-state index is 0. The first-order valence-electron chi connectivity index (χ1n) is 8.41. The lowest BCUT2D eigenvalue weighted by Crippen LogP contribution is -2.29. The Labute approximate surface area is 154 Å². The third kappa shape index (κ3) is 4.69. The quantitative estimate of drug-likeness (QED) is 0.446. The SMILES string of the molecule is Cl.NCCCCNCC(=O)Nc1c2ccccc2cc2ccccc12. The van der Waals surface area contributed by atoms with Crippen molar-refractivity contribution < 1.29 is 4.79 Å². The van der Waals surface area contributed by atoms with E-state index in [1.165, 1.54) is 0 Å². The lowest BCUT2D eigenvalue weighted by Gasteiger charge is -2.13. The van der Waals surface area contributed by atoms with E-state index in [0.717, 1.165) is 46.6 Å². The van der Waals surface area contributed by atoms with Gasteiger partial charge in [0, 0.05) is 10.8 Å². The average molecular weight is 358 g/mol. The van der Waals surface area contributed by atoms with E-state index in [0.29, 0.717) is 13.1 Å². The van der Waals surface area contributed by atoms with Crippen LogP contribution in [0.3, 0.4) is 0 Å². The lowest BCUT2D eigenvalue weighted by molar-refractivity contribution is -0.115. The fourth-order valence-electron chi connectivity index (χ4n) is 2.93. The van der Waals surface area contributed by atoms with Gasteiger partial charge in [-0.2, -0.15) is 0 Å². The maximum atomic E-state index is 12.3. The number of nitrogens with two attached hydrogens (primary N) is 1. The monoisotopic (exact) mass is 357 g/mol. The van der Waals surface area contributed by atoms with Gasteiger partial charge in [-0.1, -0.05) is 48.5 Å². The number of unbranched alkanes of at least 4 members (excludes halogenated alkanes) is 1. The van der Waals surface area contributed by atoms with E-state index in [9.17, 15) is 4.79 Å². The highest BCUT2D eigenvalue weighted by atomic mass is 35.5. The molecule has 0 unspecified atom stereocenters. The van der Waals surface area contributed by atoms with Crippen LogP contribution in [0.5, 0.6) is 0 Å². The standard InChI is InChI=1S/C20H23N3O.ClH/c21-11-5-6-12-22-14-19(24)23-20-17-9-3-1-7-15(17)13-16-8-2-4-10-18(16)20;/h1-4,7-10,13,22H,5-6,11-12,14,21H2,(H,23,24);1H. The van der Waals surface area contributed by atoms with Gasteiger partial charge < -0.3 is 16.4 Å². The van der Waals surface area contributed by atoms with Crippen molar-refractivity contribution in [1.29, 1.82) is 0 Å². The van der Waals surface area contributed by atoms with Gasteiger partial charge in [-0.3, -0.25) is 4.79 Å². The van der Waals surface area contributed by atoms with Crippen LogP contribution < -0.4 is 16.4 Å². The van der Waals surface area contributed by atoms with Gasteiger partial charge in [-0.05, 0) is 42.8 Å². The van der Waals surface area contributed by atoms with Crippen molar-refractivity contribution in [2.45, 2.75) is 12.8 Å². The van der Waals surface area contributed by atoms with Crippen LogP contribution in [0.4, 0.5) is 5.69 Å². The molecular formula is C20H24ClN3O. The molecule has 0 saturated carbocycles. The van der Waals surface area contributed by atoms with Gasteiger partial charge in [0.25, 0.3) is 0 Å². The molecule has 0 bridgehead atoms. The molecule has 0 saturated heterocycles. The fourth-order valence-corrected chi connectivity index (χ4v) is 2.93. The minimum Gasteiger partial charge on any atom is -0.330 e. The Hall–Kier alpha value is -2.14. The Morgan fingerprint density at radius 2 is 1.52 bits per heavy atom. The van der Waals surface area contributed by atoms with E-state index in [4.69, 9.17) is 5.73 Å². The predicted molar refractivity (Wildman–Crippen MR) is 108 cm³/mol. The molecule has 0 fully saturated rings. The Morgan fingerprint density at radius 1 is 0.920 bits per heavy atom. The Balaban J connectivity index is 0.00000225. The molecule has 0 aliphatic carbocycles. The van der Waals surface area contributed by atoms with Crippen LogP contribution in [0, 0.1) is 0 Å². The summed E-state index contributed by atoms with van der Waals surface area (Å²) in [5.41, 5.74) is 6.36. The first-order valence-corrected chi connectivity index (χ1v) is 8.41. The zero-order chi connectivity index (χ0) is 16.8. The van der Waals surface area contributed by atoms with E-state index in [-0.39, 0.29) is 18.3 Å². The number of rotatable bonds is 7. The highest BCUT2D eigenvalue weighted by Crippen LogP contribution is 2.32.